The number of likely N-dealkylation sites (tertiary alicyclic amines) is 1. The van der Waals surface area contributed by atoms with E-state index in [0.29, 0.717) is 0 Å². The highest BCUT2D eigenvalue weighted by atomic mass is 16.5. The average Bonchev–Trinajstić information content (AvgIpc) is 3.00. The Kier molecular flexibility index (Phi) is 4.38. The van der Waals surface area contributed by atoms with Crippen LogP contribution in [-0.2, 0) is 4.74 Å². The number of rotatable bonds is 5. The highest BCUT2D eigenvalue weighted by Gasteiger charge is 2.19. The van der Waals surface area contributed by atoms with E-state index in [4.69, 9.17) is 9.47 Å². The zero-order valence-corrected chi connectivity index (χ0v) is 12.2. The quantitative estimate of drug-likeness (QED) is 0.822. The molecule has 3 nitrogen and oxygen atoms in total. The van der Waals surface area contributed by atoms with E-state index >= 15 is 0 Å². The summed E-state index contributed by atoms with van der Waals surface area (Å²) >= 11 is 0. The molecule has 108 valence electrons. The first kappa shape index (κ1) is 13.7. The van der Waals surface area contributed by atoms with Crippen LogP contribution in [0.25, 0.3) is 6.08 Å². The van der Waals surface area contributed by atoms with Gasteiger partial charge in [0.25, 0.3) is 0 Å². The van der Waals surface area contributed by atoms with Gasteiger partial charge in [-0.1, -0.05) is 18.2 Å². The van der Waals surface area contributed by atoms with Crippen molar-refractivity contribution in [1.82, 2.24) is 4.90 Å². The number of nitrogens with zero attached hydrogens (tertiary/aromatic N) is 1. The summed E-state index contributed by atoms with van der Waals surface area (Å²) in [7, 11) is 1.71. The van der Waals surface area contributed by atoms with Gasteiger partial charge in [-0.05, 0) is 55.6 Å². The largest absolute Gasteiger partial charge is 0.497 e. The Labute approximate surface area is 121 Å². The maximum absolute atomic E-state index is 6.12. The second kappa shape index (κ2) is 6.42. The van der Waals surface area contributed by atoms with Gasteiger partial charge >= 0.3 is 0 Å². The molecule has 0 spiro atoms. The minimum atomic E-state index is 0.174. The van der Waals surface area contributed by atoms with Gasteiger partial charge in [-0.3, -0.25) is 0 Å². The molecule has 0 aromatic heterocycles. The molecule has 0 bridgehead atoms. The molecule has 1 aliphatic heterocycles. The van der Waals surface area contributed by atoms with Crippen molar-refractivity contribution >= 4 is 6.08 Å². The maximum Gasteiger partial charge on any atom is 0.119 e. The van der Waals surface area contributed by atoms with Crippen LogP contribution in [0.5, 0.6) is 5.75 Å². The predicted molar refractivity (Wildman–Crippen MR) is 81.0 cm³/mol. The van der Waals surface area contributed by atoms with Crippen molar-refractivity contribution in [3.8, 4) is 5.75 Å². The summed E-state index contributed by atoms with van der Waals surface area (Å²) in [6.07, 6.45) is 8.19. The fraction of sp³-hybridized carbons (Fsp3) is 0.529. The Balaban J connectivity index is 1.61. The van der Waals surface area contributed by atoms with Gasteiger partial charge in [-0.2, -0.15) is 0 Å². The van der Waals surface area contributed by atoms with E-state index in [2.05, 4.69) is 29.2 Å². The molecule has 0 radical (unpaired) electrons. The van der Waals surface area contributed by atoms with Crippen molar-refractivity contribution in [3.63, 3.8) is 0 Å². The van der Waals surface area contributed by atoms with Gasteiger partial charge < -0.3 is 14.4 Å². The molecule has 2 aliphatic rings. The lowest BCUT2D eigenvalue weighted by atomic mass is 9.94. The third-order valence-corrected chi connectivity index (χ3v) is 4.21. The van der Waals surface area contributed by atoms with Crippen LogP contribution in [0.1, 0.15) is 36.5 Å². The summed E-state index contributed by atoms with van der Waals surface area (Å²) in [6, 6.07) is 6.23. The van der Waals surface area contributed by atoms with Crippen molar-refractivity contribution in [2.75, 3.05) is 33.4 Å². The SMILES string of the molecule is COc1ccc2c(c1)C(OCCN1CCCC1)CC=C2. The standard InChI is InChI=1S/C17H23NO2/c1-19-15-8-7-14-5-4-6-17(16(14)13-15)20-12-11-18-9-2-3-10-18/h4-5,7-8,13,17H,2-3,6,9-12H2,1H3. The van der Waals surface area contributed by atoms with Crippen LogP contribution in [0, 0.1) is 0 Å². The molecule has 1 aromatic rings. The van der Waals surface area contributed by atoms with Gasteiger partial charge in [0, 0.05) is 6.54 Å². The monoisotopic (exact) mass is 273 g/mol. The van der Waals surface area contributed by atoms with Gasteiger partial charge in [-0.25, -0.2) is 0 Å². The van der Waals surface area contributed by atoms with Crippen molar-refractivity contribution in [1.29, 1.82) is 0 Å². The molecule has 1 heterocycles. The smallest absolute Gasteiger partial charge is 0.119 e. The fourth-order valence-electron chi connectivity index (χ4n) is 3.04. The summed E-state index contributed by atoms with van der Waals surface area (Å²) in [4.78, 5) is 2.49. The molecule has 3 rings (SSSR count). The van der Waals surface area contributed by atoms with Crippen molar-refractivity contribution in [2.24, 2.45) is 0 Å². The van der Waals surface area contributed by atoms with Crippen LogP contribution in [0.15, 0.2) is 24.3 Å². The van der Waals surface area contributed by atoms with E-state index in [9.17, 15) is 0 Å². The summed E-state index contributed by atoms with van der Waals surface area (Å²) in [5.41, 5.74) is 2.51. The third-order valence-electron chi connectivity index (χ3n) is 4.21. The van der Waals surface area contributed by atoms with E-state index in [-0.39, 0.29) is 6.10 Å². The Hall–Kier alpha value is -1.32. The predicted octanol–water partition coefficient (Wildman–Crippen LogP) is 3.27. The van der Waals surface area contributed by atoms with Gasteiger partial charge in [0.2, 0.25) is 0 Å². The number of ether oxygens (including phenoxy) is 2. The van der Waals surface area contributed by atoms with E-state index in [0.717, 1.165) is 25.3 Å². The average molecular weight is 273 g/mol. The van der Waals surface area contributed by atoms with Crippen LogP contribution in [0.3, 0.4) is 0 Å². The van der Waals surface area contributed by atoms with E-state index in [1.165, 1.54) is 37.1 Å². The molecule has 1 unspecified atom stereocenters. The molecule has 1 atom stereocenters. The van der Waals surface area contributed by atoms with Crippen LogP contribution in [0.2, 0.25) is 0 Å². The highest BCUT2D eigenvalue weighted by Crippen LogP contribution is 2.33. The van der Waals surface area contributed by atoms with Crippen LogP contribution in [-0.4, -0.2) is 38.3 Å². The van der Waals surface area contributed by atoms with Crippen molar-refractivity contribution < 1.29 is 9.47 Å². The van der Waals surface area contributed by atoms with Gasteiger partial charge in [0.15, 0.2) is 0 Å². The molecule has 20 heavy (non-hydrogen) atoms. The van der Waals surface area contributed by atoms with Gasteiger partial charge in [0.05, 0.1) is 19.8 Å². The lowest BCUT2D eigenvalue weighted by Gasteiger charge is -2.24. The molecule has 1 aliphatic carbocycles. The Morgan fingerprint density at radius 1 is 1.25 bits per heavy atom. The van der Waals surface area contributed by atoms with Gasteiger partial charge in [0.1, 0.15) is 5.75 Å². The first-order chi connectivity index (χ1) is 9.86. The Morgan fingerprint density at radius 2 is 2.10 bits per heavy atom. The fourth-order valence-corrected chi connectivity index (χ4v) is 3.04. The van der Waals surface area contributed by atoms with E-state index in [1.807, 2.05) is 6.07 Å². The first-order valence-electron chi connectivity index (χ1n) is 7.55. The normalized spacial score (nSPS) is 21.9. The maximum atomic E-state index is 6.12. The van der Waals surface area contributed by atoms with Crippen molar-refractivity contribution in [2.45, 2.75) is 25.4 Å². The lowest BCUT2D eigenvalue weighted by molar-refractivity contribution is 0.0410. The minimum Gasteiger partial charge on any atom is -0.497 e. The summed E-state index contributed by atoms with van der Waals surface area (Å²) < 4.78 is 11.4. The summed E-state index contributed by atoms with van der Waals surface area (Å²) in [5, 5.41) is 0. The molecule has 0 N–H and O–H groups in total. The van der Waals surface area contributed by atoms with Gasteiger partial charge in [-0.15, -0.1) is 0 Å². The van der Waals surface area contributed by atoms with E-state index < -0.39 is 0 Å². The van der Waals surface area contributed by atoms with Crippen molar-refractivity contribution in [3.05, 3.63) is 35.4 Å². The molecule has 3 heteroatoms. The number of hydrogen-bond acceptors (Lipinski definition) is 3. The summed E-state index contributed by atoms with van der Waals surface area (Å²) in [6.45, 7) is 4.34. The molecule has 0 saturated carbocycles. The molecular weight excluding hydrogens is 250 g/mol. The summed E-state index contributed by atoms with van der Waals surface area (Å²) in [5.74, 6) is 0.909. The third kappa shape index (κ3) is 3.05. The molecule has 1 saturated heterocycles. The number of fused-ring (bicyclic) bond motifs is 1. The number of methoxy groups -OCH3 is 1. The number of benzene rings is 1. The van der Waals surface area contributed by atoms with E-state index in [1.54, 1.807) is 7.11 Å². The second-order valence-electron chi connectivity index (χ2n) is 5.54. The Morgan fingerprint density at radius 3 is 2.90 bits per heavy atom. The van der Waals surface area contributed by atoms with Crippen LogP contribution < -0.4 is 4.74 Å². The first-order valence-corrected chi connectivity index (χ1v) is 7.55. The second-order valence-corrected chi connectivity index (χ2v) is 5.54. The Bertz CT molecular complexity index is 478. The molecular formula is C17H23NO2. The zero-order valence-electron chi connectivity index (χ0n) is 12.2. The van der Waals surface area contributed by atoms with Crippen LogP contribution in [0.4, 0.5) is 0 Å². The minimum absolute atomic E-state index is 0.174. The molecule has 1 aromatic carbocycles. The topological polar surface area (TPSA) is 21.7 Å². The zero-order chi connectivity index (χ0) is 13.8. The number of hydrogen-bond donors (Lipinski definition) is 0. The molecule has 1 fully saturated rings. The highest BCUT2D eigenvalue weighted by molar-refractivity contribution is 5.58. The molecule has 0 amide bonds. The lowest BCUT2D eigenvalue weighted by Crippen LogP contribution is -2.25. The van der Waals surface area contributed by atoms with Crippen LogP contribution >= 0.6 is 0 Å².